The summed E-state index contributed by atoms with van der Waals surface area (Å²) in [4.78, 5) is 39.3. The number of rotatable bonds is 27. The fraction of sp³-hybridized carbons (Fsp3) is 0.906. The Bertz CT molecular complexity index is 718. The lowest BCUT2D eigenvalue weighted by atomic mass is 10.0. The number of carbonyl (C=O) groups excluding carboxylic acids is 3. The summed E-state index contributed by atoms with van der Waals surface area (Å²) in [6, 6.07) is 0. The topological polar surface area (TPSA) is 131 Å². The van der Waals surface area contributed by atoms with Gasteiger partial charge < -0.3 is 40.0 Å². The molecule has 11 heteroatoms. The highest BCUT2D eigenvalue weighted by Gasteiger charge is 2.16. The lowest BCUT2D eigenvalue weighted by molar-refractivity contribution is -0.873. The summed E-state index contributed by atoms with van der Waals surface area (Å²) in [5.74, 6) is 0.708. The third-order valence-electron chi connectivity index (χ3n) is 7.05. The maximum absolute atomic E-state index is 12.5. The van der Waals surface area contributed by atoms with Gasteiger partial charge in [-0.25, -0.2) is 0 Å². The fourth-order valence-electron chi connectivity index (χ4n) is 4.82. The molecule has 0 heterocycles. The normalized spacial score (nSPS) is 13.8. The van der Waals surface area contributed by atoms with E-state index in [2.05, 4.69) is 55.8 Å². The summed E-state index contributed by atoms with van der Waals surface area (Å²) in [6.45, 7) is 9.46. The average molecular weight is 617 g/mol. The maximum Gasteiger partial charge on any atom is 0.221 e. The molecule has 11 nitrogen and oxygen atoms in total. The zero-order valence-electron chi connectivity index (χ0n) is 28.9. The lowest BCUT2D eigenvalue weighted by Crippen LogP contribution is -2.45. The Morgan fingerprint density at radius 2 is 1.21 bits per heavy atom. The molecule has 0 aromatic carbocycles. The molecule has 0 radical (unpaired) electrons. The van der Waals surface area contributed by atoms with Crippen molar-refractivity contribution in [3.63, 3.8) is 0 Å². The van der Waals surface area contributed by atoms with Crippen LogP contribution >= 0.6 is 0 Å². The van der Waals surface area contributed by atoms with E-state index in [1.54, 1.807) is 0 Å². The number of aliphatic hydroxyl groups excluding tert-OH is 2. The lowest BCUT2D eigenvalue weighted by Gasteiger charge is -2.26. The number of hydrogen-bond acceptors (Lipinski definition) is 7. The number of likely N-dealkylation sites (N-methyl/N-ethyl adjacent to an activating group) is 2. The fourth-order valence-corrected chi connectivity index (χ4v) is 4.82. The number of unbranched alkanes of at least 4 members (excludes halogenated alkanes) is 1. The van der Waals surface area contributed by atoms with Gasteiger partial charge in [0.2, 0.25) is 11.8 Å². The third-order valence-corrected chi connectivity index (χ3v) is 7.05. The molecule has 0 aromatic heterocycles. The van der Waals surface area contributed by atoms with Crippen LogP contribution in [0.2, 0.25) is 0 Å². The predicted octanol–water partition coefficient (Wildman–Crippen LogP) is 0.981. The van der Waals surface area contributed by atoms with E-state index in [0.717, 1.165) is 36.6 Å². The minimum absolute atomic E-state index is 0.0205. The highest BCUT2D eigenvalue weighted by molar-refractivity contribution is 5.78. The number of hydrogen-bond donors (Lipinski definition) is 5. The first-order valence-electron chi connectivity index (χ1n) is 16.4. The van der Waals surface area contributed by atoms with Crippen molar-refractivity contribution in [2.24, 2.45) is 5.92 Å². The smallest absolute Gasteiger partial charge is 0.221 e. The zero-order chi connectivity index (χ0) is 32.9. The third kappa shape index (κ3) is 28.9. The van der Waals surface area contributed by atoms with E-state index < -0.39 is 6.10 Å². The monoisotopic (exact) mass is 617 g/mol. The highest BCUT2D eigenvalue weighted by Crippen LogP contribution is 2.08. The first-order valence-corrected chi connectivity index (χ1v) is 16.4. The molecule has 0 spiro atoms. The van der Waals surface area contributed by atoms with Crippen LogP contribution in [-0.4, -0.2) is 155 Å². The molecule has 2 atom stereocenters. The molecule has 5 N–H and O–H groups in total. The Hall–Kier alpha value is -1.63. The van der Waals surface area contributed by atoms with Crippen LogP contribution in [0.3, 0.4) is 0 Å². The number of amides is 2. The van der Waals surface area contributed by atoms with E-state index in [9.17, 15) is 24.6 Å². The molecular formula is C32H68N6O5+2. The second-order valence-electron chi connectivity index (χ2n) is 14.6. The van der Waals surface area contributed by atoms with Crippen molar-refractivity contribution in [1.82, 2.24) is 20.9 Å². The number of nitrogens with one attached hydrogen (secondary N) is 3. The quantitative estimate of drug-likeness (QED) is 0.0687. The number of ketones is 1. The first-order chi connectivity index (χ1) is 20.0. The van der Waals surface area contributed by atoms with E-state index in [1.807, 2.05) is 21.1 Å². The Morgan fingerprint density at radius 3 is 1.77 bits per heavy atom. The predicted molar refractivity (Wildman–Crippen MR) is 175 cm³/mol. The molecule has 0 saturated carbocycles. The summed E-state index contributed by atoms with van der Waals surface area (Å²) < 4.78 is 1.41. The molecule has 0 aliphatic carbocycles. The van der Waals surface area contributed by atoms with Crippen LogP contribution in [0, 0.1) is 5.92 Å². The molecule has 43 heavy (non-hydrogen) atoms. The molecule has 2 amide bonds. The van der Waals surface area contributed by atoms with E-state index in [1.165, 1.54) is 0 Å². The highest BCUT2D eigenvalue weighted by atomic mass is 16.3. The van der Waals surface area contributed by atoms with E-state index in [4.69, 9.17) is 0 Å². The Kier molecular flexibility index (Phi) is 22.0. The summed E-state index contributed by atoms with van der Waals surface area (Å²) in [5.41, 5.74) is 0. The number of nitrogens with zero attached hydrogens (tertiary/aromatic N) is 3. The van der Waals surface area contributed by atoms with Crippen LogP contribution in [0.1, 0.15) is 71.6 Å². The Labute approximate surface area is 262 Å². The van der Waals surface area contributed by atoms with Crippen molar-refractivity contribution in [2.75, 3.05) is 101 Å². The van der Waals surface area contributed by atoms with Crippen molar-refractivity contribution in [2.45, 2.75) is 83.8 Å². The van der Waals surface area contributed by atoms with Crippen LogP contribution in [0.5, 0.6) is 0 Å². The van der Waals surface area contributed by atoms with Gasteiger partial charge in [0.1, 0.15) is 31.1 Å². The molecule has 0 aromatic rings. The van der Waals surface area contributed by atoms with Crippen molar-refractivity contribution in [3.05, 3.63) is 0 Å². The average Bonchev–Trinajstić information content (AvgIpc) is 2.86. The van der Waals surface area contributed by atoms with Crippen molar-refractivity contribution in [1.29, 1.82) is 0 Å². The number of Topliss-reactive ketones (excluding diaryl/α,β-unsaturated/α-hetero) is 1. The van der Waals surface area contributed by atoms with Gasteiger partial charge in [-0.05, 0) is 44.6 Å². The van der Waals surface area contributed by atoms with Crippen molar-refractivity contribution >= 4 is 17.6 Å². The zero-order valence-corrected chi connectivity index (χ0v) is 28.9. The SMILES string of the molecule is CC(C)CCC(=O)CCCN(CCC(=O)NCCCCC(O)C[N+](C)(C)C)CCC(=O)NCCNCC(O)C[N+](C)(C)C. The Balaban J connectivity index is 4.48. The van der Waals surface area contributed by atoms with Gasteiger partial charge in [0, 0.05) is 65.0 Å². The van der Waals surface area contributed by atoms with Gasteiger partial charge in [0.15, 0.2) is 0 Å². The number of quaternary nitrogens is 2. The largest absolute Gasteiger partial charge is 0.387 e. The first kappa shape index (κ1) is 41.4. The summed E-state index contributed by atoms with van der Waals surface area (Å²) >= 11 is 0. The molecule has 0 saturated heterocycles. The summed E-state index contributed by atoms with van der Waals surface area (Å²) in [6.07, 6.45) is 5.05. The van der Waals surface area contributed by atoms with Gasteiger partial charge in [-0.2, -0.15) is 0 Å². The van der Waals surface area contributed by atoms with Crippen LogP contribution < -0.4 is 16.0 Å². The molecule has 2 unspecified atom stereocenters. The molecular weight excluding hydrogens is 548 g/mol. The minimum atomic E-state index is -0.440. The standard InChI is InChI=1S/C32H66N6O5/c1-27(2)14-15-28(39)13-11-21-36(22-16-31(42)34-18-10-9-12-29(40)25-37(3,4)5)23-17-32(43)35-20-19-33-24-30(41)26-38(6,7)8/h27,29-30,33,40-41H,9-26H2,1-8H3/p+2. The van der Waals surface area contributed by atoms with Gasteiger partial charge in [0.05, 0.1) is 42.3 Å². The molecule has 0 aliphatic heterocycles. The second-order valence-corrected chi connectivity index (χ2v) is 14.6. The maximum atomic E-state index is 12.5. The molecule has 0 fully saturated rings. The van der Waals surface area contributed by atoms with Crippen LogP contribution in [0.15, 0.2) is 0 Å². The van der Waals surface area contributed by atoms with Gasteiger partial charge in [-0.15, -0.1) is 0 Å². The second kappa shape index (κ2) is 22.8. The van der Waals surface area contributed by atoms with Gasteiger partial charge in [-0.1, -0.05) is 13.8 Å². The van der Waals surface area contributed by atoms with Crippen molar-refractivity contribution < 1.29 is 33.6 Å². The van der Waals surface area contributed by atoms with E-state index in [-0.39, 0.29) is 23.7 Å². The van der Waals surface area contributed by atoms with Crippen LogP contribution in [0.25, 0.3) is 0 Å². The van der Waals surface area contributed by atoms with E-state index >= 15 is 0 Å². The summed E-state index contributed by atoms with van der Waals surface area (Å²) in [5, 5.41) is 29.3. The Morgan fingerprint density at radius 1 is 0.651 bits per heavy atom. The molecule has 0 bridgehead atoms. The van der Waals surface area contributed by atoms with Crippen molar-refractivity contribution in [3.8, 4) is 0 Å². The molecule has 254 valence electrons. The van der Waals surface area contributed by atoms with Gasteiger partial charge in [-0.3, -0.25) is 14.4 Å². The number of carbonyl (C=O) groups is 3. The minimum Gasteiger partial charge on any atom is -0.387 e. The molecule has 0 rings (SSSR count). The molecule has 0 aliphatic rings. The summed E-state index contributed by atoms with van der Waals surface area (Å²) in [7, 11) is 12.3. The number of aliphatic hydroxyl groups is 2. The van der Waals surface area contributed by atoms with Crippen LogP contribution in [0.4, 0.5) is 0 Å². The van der Waals surface area contributed by atoms with E-state index in [0.29, 0.717) is 95.0 Å². The van der Waals surface area contributed by atoms with Gasteiger partial charge in [0.25, 0.3) is 0 Å². The van der Waals surface area contributed by atoms with Gasteiger partial charge >= 0.3 is 0 Å². The van der Waals surface area contributed by atoms with Crippen LogP contribution in [-0.2, 0) is 14.4 Å².